The Hall–Kier alpha value is -1.32. The first-order valence-corrected chi connectivity index (χ1v) is 7.99. The zero-order chi connectivity index (χ0) is 14.0. The molecule has 0 spiro atoms. The van der Waals surface area contributed by atoms with Crippen LogP contribution in [0.25, 0.3) is 0 Å². The van der Waals surface area contributed by atoms with Gasteiger partial charge in [-0.2, -0.15) is 0 Å². The first kappa shape index (κ1) is 13.7. The fraction of sp³-hybridized carbons (Fsp3) is 0.312. The fourth-order valence-corrected chi connectivity index (χ4v) is 3.58. The van der Waals surface area contributed by atoms with Gasteiger partial charge in [-0.25, -0.2) is 0 Å². The van der Waals surface area contributed by atoms with E-state index in [2.05, 4.69) is 22.8 Å². The van der Waals surface area contributed by atoms with Crippen LogP contribution in [-0.2, 0) is 16.6 Å². The summed E-state index contributed by atoms with van der Waals surface area (Å²) >= 11 is 7.85. The normalized spacial score (nSPS) is 15.8. The predicted octanol–water partition coefficient (Wildman–Crippen LogP) is 3.79. The molecule has 0 unspecified atom stereocenters. The maximum absolute atomic E-state index is 12.0. The third-order valence-corrected chi connectivity index (χ3v) is 5.32. The molecule has 4 heteroatoms. The first-order valence-electron chi connectivity index (χ1n) is 6.74. The number of thiophene rings is 1. The summed E-state index contributed by atoms with van der Waals surface area (Å²) in [5.74, 6) is 0.0425. The highest BCUT2D eigenvalue weighted by atomic mass is 35.5. The lowest BCUT2D eigenvalue weighted by Crippen LogP contribution is -2.32. The van der Waals surface area contributed by atoms with Gasteiger partial charge in [0.1, 0.15) is 0 Å². The quantitative estimate of drug-likeness (QED) is 0.894. The Morgan fingerprint density at radius 1 is 1.25 bits per heavy atom. The van der Waals surface area contributed by atoms with Crippen LogP contribution in [0.15, 0.2) is 41.8 Å². The maximum atomic E-state index is 12.0. The van der Waals surface area contributed by atoms with Crippen molar-refractivity contribution in [2.24, 2.45) is 0 Å². The van der Waals surface area contributed by atoms with Crippen molar-refractivity contribution in [2.45, 2.75) is 24.7 Å². The predicted molar refractivity (Wildman–Crippen MR) is 83.4 cm³/mol. The molecule has 1 aliphatic carbocycles. The summed E-state index contributed by atoms with van der Waals surface area (Å²) in [4.78, 5) is 13.4. The van der Waals surface area contributed by atoms with Gasteiger partial charge in [0.2, 0.25) is 5.91 Å². The van der Waals surface area contributed by atoms with Crippen molar-refractivity contribution in [1.82, 2.24) is 5.32 Å². The average Bonchev–Trinajstić information content (AvgIpc) is 3.03. The molecular weight excluding hydrogens is 290 g/mol. The van der Waals surface area contributed by atoms with E-state index in [0.29, 0.717) is 11.4 Å². The molecule has 1 N–H and O–H groups in total. The first-order chi connectivity index (χ1) is 9.70. The standard InChI is InChI=1S/C16H16ClNOS/c17-13-5-2-1-4-12(13)10-15(19)18-11-16(7-8-16)14-6-3-9-20-14/h1-6,9H,7-8,10-11H2,(H,18,19). The molecule has 20 heavy (non-hydrogen) atoms. The van der Waals surface area contributed by atoms with Crippen LogP contribution < -0.4 is 5.32 Å². The molecule has 1 saturated carbocycles. The molecule has 0 aliphatic heterocycles. The van der Waals surface area contributed by atoms with Crippen molar-refractivity contribution in [3.8, 4) is 0 Å². The SMILES string of the molecule is O=C(Cc1ccccc1Cl)NCC1(c2cccs2)CC1. The van der Waals surface area contributed by atoms with Gasteiger partial charge in [0.15, 0.2) is 0 Å². The minimum absolute atomic E-state index is 0.0425. The van der Waals surface area contributed by atoms with Gasteiger partial charge in [0.05, 0.1) is 6.42 Å². The van der Waals surface area contributed by atoms with Gasteiger partial charge in [-0.05, 0) is 35.9 Å². The van der Waals surface area contributed by atoms with Gasteiger partial charge in [-0.1, -0.05) is 35.9 Å². The zero-order valence-corrected chi connectivity index (χ0v) is 12.6. The monoisotopic (exact) mass is 305 g/mol. The summed E-state index contributed by atoms with van der Waals surface area (Å²) in [6.45, 7) is 0.733. The van der Waals surface area contributed by atoms with Crippen LogP contribution in [0, 0.1) is 0 Å². The molecule has 0 radical (unpaired) electrons. The van der Waals surface area contributed by atoms with Crippen molar-refractivity contribution in [1.29, 1.82) is 0 Å². The summed E-state index contributed by atoms with van der Waals surface area (Å²) in [7, 11) is 0. The summed E-state index contributed by atoms with van der Waals surface area (Å²) < 4.78 is 0. The van der Waals surface area contributed by atoms with Crippen molar-refractivity contribution >= 4 is 28.8 Å². The molecule has 1 fully saturated rings. The summed E-state index contributed by atoms with van der Waals surface area (Å²) in [5.41, 5.74) is 1.08. The Labute approximate surface area is 127 Å². The minimum Gasteiger partial charge on any atom is -0.355 e. The van der Waals surface area contributed by atoms with Crippen molar-refractivity contribution in [3.05, 3.63) is 57.2 Å². The molecule has 0 bridgehead atoms. The topological polar surface area (TPSA) is 29.1 Å². The number of amides is 1. The molecule has 1 amide bonds. The van der Waals surface area contributed by atoms with Crippen molar-refractivity contribution in [2.75, 3.05) is 6.54 Å². The lowest BCUT2D eigenvalue weighted by Gasteiger charge is -2.14. The van der Waals surface area contributed by atoms with E-state index in [1.807, 2.05) is 24.3 Å². The number of rotatable bonds is 5. The summed E-state index contributed by atoms with van der Waals surface area (Å²) in [6.07, 6.45) is 2.68. The van der Waals surface area contributed by atoms with E-state index >= 15 is 0 Å². The molecular formula is C16H16ClNOS. The Bertz CT molecular complexity index is 605. The van der Waals surface area contributed by atoms with Gasteiger partial charge in [0, 0.05) is 21.9 Å². The number of benzene rings is 1. The van der Waals surface area contributed by atoms with Gasteiger partial charge in [-0.15, -0.1) is 11.3 Å². The van der Waals surface area contributed by atoms with E-state index in [9.17, 15) is 4.79 Å². The number of carbonyl (C=O) groups excluding carboxylic acids is 1. The average molecular weight is 306 g/mol. The fourth-order valence-electron chi connectivity index (χ4n) is 2.39. The van der Waals surface area contributed by atoms with E-state index in [1.54, 1.807) is 11.3 Å². The molecule has 1 aromatic heterocycles. The Morgan fingerprint density at radius 2 is 2.05 bits per heavy atom. The largest absolute Gasteiger partial charge is 0.355 e. The lowest BCUT2D eigenvalue weighted by atomic mass is 10.1. The Balaban J connectivity index is 1.57. The van der Waals surface area contributed by atoms with Crippen LogP contribution in [0.3, 0.4) is 0 Å². The lowest BCUT2D eigenvalue weighted by molar-refractivity contribution is -0.120. The van der Waals surface area contributed by atoms with Crippen LogP contribution in [-0.4, -0.2) is 12.5 Å². The summed E-state index contributed by atoms with van der Waals surface area (Å²) in [5, 5.41) is 5.81. The number of hydrogen-bond acceptors (Lipinski definition) is 2. The van der Waals surface area contributed by atoms with E-state index in [-0.39, 0.29) is 11.3 Å². The van der Waals surface area contributed by atoms with Crippen LogP contribution in [0.4, 0.5) is 0 Å². The highest BCUT2D eigenvalue weighted by molar-refractivity contribution is 7.10. The Kier molecular flexibility index (Phi) is 3.81. The number of nitrogens with one attached hydrogen (secondary N) is 1. The maximum Gasteiger partial charge on any atom is 0.224 e. The molecule has 104 valence electrons. The van der Waals surface area contributed by atoms with Gasteiger partial charge < -0.3 is 5.32 Å². The van der Waals surface area contributed by atoms with E-state index in [1.165, 1.54) is 17.7 Å². The van der Waals surface area contributed by atoms with Crippen LogP contribution in [0.2, 0.25) is 5.02 Å². The molecule has 3 rings (SSSR count). The second-order valence-corrected chi connectivity index (χ2v) is 6.66. The van der Waals surface area contributed by atoms with Crippen molar-refractivity contribution < 1.29 is 4.79 Å². The number of carbonyl (C=O) groups is 1. The Morgan fingerprint density at radius 3 is 2.70 bits per heavy atom. The smallest absolute Gasteiger partial charge is 0.224 e. The van der Waals surface area contributed by atoms with Crippen molar-refractivity contribution in [3.63, 3.8) is 0 Å². The van der Waals surface area contributed by atoms with Gasteiger partial charge in [0.25, 0.3) is 0 Å². The van der Waals surface area contributed by atoms with Crippen LogP contribution in [0.1, 0.15) is 23.3 Å². The van der Waals surface area contributed by atoms with E-state index in [0.717, 1.165) is 12.1 Å². The molecule has 1 aromatic carbocycles. The number of halogens is 1. The molecule has 0 atom stereocenters. The minimum atomic E-state index is 0.0425. The molecule has 2 nitrogen and oxygen atoms in total. The van der Waals surface area contributed by atoms with E-state index < -0.39 is 0 Å². The molecule has 1 aliphatic rings. The summed E-state index contributed by atoms with van der Waals surface area (Å²) in [6, 6.07) is 11.7. The van der Waals surface area contributed by atoms with Gasteiger partial charge >= 0.3 is 0 Å². The molecule has 2 aromatic rings. The second-order valence-electron chi connectivity index (χ2n) is 5.30. The van der Waals surface area contributed by atoms with Gasteiger partial charge in [-0.3, -0.25) is 4.79 Å². The third kappa shape index (κ3) is 2.89. The number of hydrogen-bond donors (Lipinski definition) is 1. The second kappa shape index (κ2) is 5.58. The zero-order valence-electron chi connectivity index (χ0n) is 11.1. The third-order valence-electron chi connectivity index (χ3n) is 3.83. The molecule has 1 heterocycles. The highest BCUT2D eigenvalue weighted by Crippen LogP contribution is 2.49. The van der Waals surface area contributed by atoms with Crippen LogP contribution in [0.5, 0.6) is 0 Å². The van der Waals surface area contributed by atoms with E-state index in [4.69, 9.17) is 11.6 Å². The molecule has 0 saturated heterocycles. The van der Waals surface area contributed by atoms with Crippen LogP contribution >= 0.6 is 22.9 Å². The highest BCUT2D eigenvalue weighted by Gasteiger charge is 2.45.